The molecule has 110 valence electrons. The molecule has 0 aromatic heterocycles. The molecule has 0 spiro atoms. The van der Waals surface area contributed by atoms with Crippen molar-refractivity contribution in [3.8, 4) is 0 Å². The maximum absolute atomic E-state index is 11.7. The van der Waals surface area contributed by atoms with Gasteiger partial charge in [0.15, 0.2) is 0 Å². The highest BCUT2D eigenvalue weighted by atomic mass is 16.5. The number of rotatable bonds is 5. The van der Waals surface area contributed by atoms with Gasteiger partial charge in [-0.25, -0.2) is 4.79 Å². The molecule has 1 aliphatic rings. The molecule has 0 radical (unpaired) electrons. The normalized spacial score (nSPS) is 20.9. The molecule has 2 amide bonds. The number of urea groups is 1. The molecule has 1 aliphatic heterocycles. The second-order valence-corrected chi connectivity index (χ2v) is 5.54. The molecule has 1 fully saturated rings. The Morgan fingerprint density at radius 1 is 1.47 bits per heavy atom. The van der Waals surface area contributed by atoms with E-state index < -0.39 is 11.5 Å². The van der Waals surface area contributed by atoms with Crippen LogP contribution in [0, 0.1) is 0 Å². The summed E-state index contributed by atoms with van der Waals surface area (Å²) in [5, 5.41) is 14.1. The van der Waals surface area contributed by atoms with Gasteiger partial charge in [0.25, 0.3) is 0 Å². The van der Waals surface area contributed by atoms with Gasteiger partial charge in [-0.15, -0.1) is 0 Å². The lowest BCUT2D eigenvalue weighted by atomic mass is 10.0. The molecule has 0 aliphatic carbocycles. The summed E-state index contributed by atoms with van der Waals surface area (Å²) >= 11 is 0. The van der Waals surface area contributed by atoms with Gasteiger partial charge in [0.2, 0.25) is 0 Å². The Balaban J connectivity index is 2.29. The van der Waals surface area contributed by atoms with E-state index in [9.17, 15) is 9.59 Å². The van der Waals surface area contributed by atoms with Crippen molar-refractivity contribution in [1.82, 2.24) is 15.5 Å². The monoisotopic (exact) mass is 273 g/mol. The maximum atomic E-state index is 11.7. The van der Waals surface area contributed by atoms with Crippen LogP contribution in [0.4, 0.5) is 4.79 Å². The van der Waals surface area contributed by atoms with Crippen molar-refractivity contribution >= 4 is 12.0 Å². The second-order valence-electron chi connectivity index (χ2n) is 5.54. The highest BCUT2D eigenvalue weighted by Gasteiger charge is 2.24. The number of carbonyl (C=O) groups excluding carboxylic acids is 1. The van der Waals surface area contributed by atoms with Crippen LogP contribution in [0.2, 0.25) is 0 Å². The fourth-order valence-corrected chi connectivity index (χ4v) is 1.97. The third-order valence-corrected chi connectivity index (χ3v) is 2.88. The first kappa shape index (κ1) is 15.7. The summed E-state index contributed by atoms with van der Waals surface area (Å²) < 4.78 is 5.52. The molecule has 7 nitrogen and oxygen atoms in total. The molecule has 1 atom stereocenters. The molecular weight excluding hydrogens is 250 g/mol. The lowest BCUT2D eigenvalue weighted by Gasteiger charge is -2.30. The average Bonchev–Trinajstić information content (AvgIpc) is 2.24. The summed E-state index contributed by atoms with van der Waals surface area (Å²) in [5.41, 5.74) is -0.778. The van der Waals surface area contributed by atoms with E-state index in [1.165, 1.54) is 0 Å². The van der Waals surface area contributed by atoms with Crippen LogP contribution in [0.1, 0.15) is 20.3 Å². The van der Waals surface area contributed by atoms with Crippen molar-refractivity contribution in [2.75, 3.05) is 33.3 Å². The minimum Gasteiger partial charge on any atom is -0.481 e. The predicted molar refractivity (Wildman–Crippen MR) is 70.1 cm³/mol. The van der Waals surface area contributed by atoms with E-state index in [-0.39, 0.29) is 18.6 Å². The van der Waals surface area contributed by atoms with Crippen molar-refractivity contribution in [1.29, 1.82) is 0 Å². The summed E-state index contributed by atoms with van der Waals surface area (Å²) in [5.74, 6) is -0.942. The molecule has 0 aromatic carbocycles. The number of hydrogen-bond donors (Lipinski definition) is 3. The molecule has 1 saturated heterocycles. The van der Waals surface area contributed by atoms with E-state index in [0.717, 1.165) is 13.1 Å². The highest BCUT2D eigenvalue weighted by molar-refractivity contribution is 5.76. The third-order valence-electron chi connectivity index (χ3n) is 2.88. The second kappa shape index (κ2) is 6.72. The van der Waals surface area contributed by atoms with Crippen molar-refractivity contribution < 1.29 is 19.4 Å². The number of carboxylic acids is 1. The van der Waals surface area contributed by atoms with Crippen LogP contribution in [-0.4, -0.2) is 66.9 Å². The molecule has 7 heteroatoms. The van der Waals surface area contributed by atoms with Gasteiger partial charge in [-0.05, 0) is 20.9 Å². The SMILES string of the molecule is CN1CCOC(CNC(=O)NC(C)(C)CC(=O)O)C1. The van der Waals surface area contributed by atoms with E-state index in [4.69, 9.17) is 9.84 Å². The molecule has 3 N–H and O–H groups in total. The number of carbonyl (C=O) groups is 2. The lowest BCUT2D eigenvalue weighted by Crippen LogP contribution is -2.52. The van der Waals surface area contributed by atoms with Crippen LogP contribution < -0.4 is 10.6 Å². The quantitative estimate of drug-likeness (QED) is 0.649. The molecular formula is C12H23N3O4. The number of carboxylic acid groups (broad SMARTS) is 1. The Bertz CT molecular complexity index is 333. The fourth-order valence-electron chi connectivity index (χ4n) is 1.97. The smallest absolute Gasteiger partial charge is 0.315 e. The van der Waals surface area contributed by atoms with E-state index >= 15 is 0 Å². The number of hydrogen-bond acceptors (Lipinski definition) is 4. The van der Waals surface area contributed by atoms with Gasteiger partial charge < -0.3 is 25.4 Å². The number of aliphatic carboxylic acids is 1. The summed E-state index contributed by atoms with van der Waals surface area (Å²) in [7, 11) is 2.01. The molecule has 0 bridgehead atoms. The number of morpholine rings is 1. The molecule has 19 heavy (non-hydrogen) atoms. The van der Waals surface area contributed by atoms with Crippen LogP contribution >= 0.6 is 0 Å². The Morgan fingerprint density at radius 2 is 2.16 bits per heavy atom. The number of nitrogens with zero attached hydrogens (tertiary/aromatic N) is 1. The predicted octanol–water partition coefficient (Wildman–Crippen LogP) is -0.130. The number of likely N-dealkylation sites (N-methyl/N-ethyl adjacent to an activating group) is 1. The zero-order valence-electron chi connectivity index (χ0n) is 11.7. The number of ether oxygens (including phenoxy) is 1. The average molecular weight is 273 g/mol. The van der Waals surface area contributed by atoms with Crippen molar-refractivity contribution in [2.24, 2.45) is 0 Å². The Hall–Kier alpha value is -1.34. The first-order chi connectivity index (χ1) is 8.78. The minimum absolute atomic E-state index is 0.0212. The topological polar surface area (TPSA) is 90.9 Å². The first-order valence-corrected chi connectivity index (χ1v) is 6.36. The van der Waals surface area contributed by atoms with E-state index in [1.54, 1.807) is 13.8 Å². The van der Waals surface area contributed by atoms with Crippen LogP contribution in [0.3, 0.4) is 0 Å². The highest BCUT2D eigenvalue weighted by Crippen LogP contribution is 2.07. The zero-order valence-corrected chi connectivity index (χ0v) is 11.7. The molecule has 0 saturated carbocycles. The number of nitrogens with one attached hydrogen (secondary N) is 2. The lowest BCUT2D eigenvalue weighted by molar-refractivity contribution is -0.138. The summed E-state index contributed by atoms with van der Waals surface area (Å²) in [4.78, 5) is 24.5. The van der Waals surface area contributed by atoms with E-state index in [1.807, 2.05) is 7.05 Å². The maximum Gasteiger partial charge on any atom is 0.315 e. The van der Waals surface area contributed by atoms with Gasteiger partial charge >= 0.3 is 12.0 Å². The van der Waals surface area contributed by atoms with Crippen LogP contribution in [-0.2, 0) is 9.53 Å². The Morgan fingerprint density at radius 3 is 2.74 bits per heavy atom. The molecule has 0 aromatic rings. The van der Waals surface area contributed by atoms with Crippen molar-refractivity contribution in [3.63, 3.8) is 0 Å². The van der Waals surface area contributed by atoms with E-state index in [0.29, 0.717) is 13.2 Å². The zero-order chi connectivity index (χ0) is 14.5. The standard InChI is InChI=1S/C12H23N3O4/c1-12(2,6-10(16)17)14-11(18)13-7-9-8-15(3)4-5-19-9/h9H,4-8H2,1-3H3,(H,16,17)(H2,13,14,18). The Kier molecular flexibility index (Phi) is 5.56. The molecule has 1 rings (SSSR count). The summed E-state index contributed by atoms with van der Waals surface area (Å²) in [6.45, 7) is 6.10. The van der Waals surface area contributed by atoms with Crippen LogP contribution in [0.25, 0.3) is 0 Å². The van der Waals surface area contributed by atoms with Gasteiger partial charge in [0.05, 0.1) is 19.1 Å². The van der Waals surface area contributed by atoms with Gasteiger partial charge in [0, 0.05) is 25.2 Å². The van der Waals surface area contributed by atoms with Crippen molar-refractivity contribution in [2.45, 2.75) is 31.9 Å². The molecule has 1 unspecified atom stereocenters. The van der Waals surface area contributed by atoms with Gasteiger partial charge in [0.1, 0.15) is 0 Å². The molecule has 1 heterocycles. The van der Waals surface area contributed by atoms with Crippen LogP contribution in [0.15, 0.2) is 0 Å². The van der Waals surface area contributed by atoms with Gasteiger partial charge in [-0.3, -0.25) is 4.79 Å². The Labute approximate surface area is 113 Å². The third kappa shape index (κ3) is 6.40. The van der Waals surface area contributed by atoms with Crippen molar-refractivity contribution in [3.05, 3.63) is 0 Å². The summed E-state index contributed by atoms with van der Waals surface area (Å²) in [6, 6.07) is -0.372. The van der Waals surface area contributed by atoms with Crippen LogP contribution in [0.5, 0.6) is 0 Å². The van der Waals surface area contributed by atoms with E-state index in [2.05, 4.69) is 15.5 Å². The first-order valence-electron chi connectivity index (χ1n) is 6.36. The minimum atomic E-state index is -0.942. The number of amides is 2. The summed E-state index contributed by atoms with van der Waals surface area (Å²) in [6.07, 6.45) is -0.143. The fraction of sp³-hybridized carbons (Fsp3) is 0.833. The van der Waals surface area contributed by atoms with Gasteiger partial charge in [-0.1, -0.05) is 0 Å². The van der Waals surface area contributed by atoms with Gasteiger partial charge in [-0.2, -0.15) is 0 Å². The largest absolute Gasteiger partial charge is 0.481 e.